The molecular formula is C24H27N3O3S. The fourth-order valence-corrected chi connectivity index (χ4v) is 5.73. The zero-order chi connectivity index (χ0) is 21.6. The molecule has 1 N–H and O–H groups in total. The maximum atomic E-state index is 12.6. The van der Waals surface area contributed by atoms with Crippen molar-refractivity contribution in [1.29, 1.82) is 0 Å². The SMILES string of the molecule is CNC(=O)c1sc2ncccc2c1C1CN(Cc2ccc3c(c2)CC(C)(C)O3)CCO1. The van der Waals surface area contributed by atoms with Gasteiger partial charge in [-0.15, -0.1) is 11.3 Å². The van der Waals surface area contributed by atoms with Gasteiger partial charge >= 0.3 is 0 Å². The van der Waals surface area contributed by atoms with Crippen molar-refractivity contribution in [1.82, 2.24) is 15.2 Å². The van der Waals surface area contributed by atoms with E-state index in [9.17, 15) is 4.79 Å². The zero-order valence-electron chi connectivity index (χ0n) is 18.1. The molecule has 1 aromatic carbocycles. The summed E-state index contributed by atoms with van der Waals surface area (Å²) in [7, 11) is 1.66. The lowest BCUT2D eigenvalue weighted by Gasteiger charge is -2.33. The largest absolute Gasteiger partial charge is 0.487 e. The average Bonchev–Trinajstić information content (AvgIpc) is 3.29. The van der Waals surface area contributed by atoms with Crippen LogP contribution in [0.25, 0.3) is 10.2 Å². The number of hydrogen-bond acceptors (Lipinski definition) is 6. The van der Waals surface area contributed by atoms with Crippen molar-refractivity contribution >= 4 is 27.5 Å². The van der Waals surface area contributed by atoms with E-state index in [1.54, 1.807) is 13.2 Å². The number of benzene rings is 1. The Balaban J connectivity index is 1.39. The molecule has 4 heterocycles. The van der Waals surface area contributed by atoms with Gasteiger partial charge in [-0.1, -0.05) is 18.2 Å². The van der Waals surface area contributed by atoms with Gasteiger partial charge in [-0.25, -0.2) is 4.98 Å². The van der Waals surface area contributed by atoms with Crippen LogP contribution in [0.4, 0.5) is 0 Å². The van der Waals surface area contributed by atoms with E-state index >= 15 is 0 Å². The molecule has 2 aliphatic rings. The molecule has 1 fully saturated rings. The third-order valence-electron chi connectivity index (χ3n) is 5.94. The number of hydrogen-bond donors (Lipinski definition) is 1. The molecule has 7 heteroatoms. The number of nitrogens with zero attached hydrogens (tertiary/aromatic N) is 2. The van der Waals surface area contributed by atoms with Gasteiger partial charge in [0.15, 0.2) is 0 Å². The number of nitrogens with one attached hydrogen (secondary N) is 1. The Bertz CT molecular complexity index is 1140. The normalized spacial score (nSPS) is 20.4. The van der Waals surface area contributed by atoms with Gasteiger partial charge in [0.2, 0.25) is 0 Å². The number of fused-ring (bicyclic) bond motifs is 2. The maximum absolute atomic E-state index is 12.6. The number of ether oxygens (including phenoxy) is 2. The summed E-state index contributed by atoms with van der Waals surface area (Å²) in [6.45, 7) is 7.35. The van der Waals surface area contributed by atoms with Crippen molar-refractivity contribution in [3.8, 4) is 5.75 Å². The molecule has 6 nitrogen and oxygen atoms in total. The van der Waals surface area contributed by atoms with Crippen LogP contribution in [0.2, 0.25) is 0 Å². The van der Waals surface area contributed by atoms with Gasteiger partial charge in [-0.3, -0.25) is 9.69 Å². The van der Waals surface area contributed by atoms with Gasteiger partial charge in [0, 0.05) is 50.2 Å². The summed E-state index contributed by atoms with van der Waals surface area (Å²) < 4.78 is 12.2. The molecule has 31 heavy (non-hydrogen) atoms. The van der Waals surface area contributed by atoms with Crippen LogP contribution in [-0.2, 0) is 17.7 Å². The zero-order valence-corrected chi connectivity index (χ0v) is 18.9. The molecular weight excluding hydrogens is 410 g/mol. The van der Waals surface area contributed by atoms with E-state index in [4.69, 9.17) is 9.47 Å². The maximum Gasteiger partial charge on any atom is 0.261 e. The third-order valence-corrected chi connectivity index (χ3v) is 7.07. The van der Waals surface area contributed by atoms with Gasteiger partial charge in [0.05, 0.1) is 12.7 Å². The molecule has 1 amide bonds. The Kier molecular flexibility index (Phi) is 5.20. The first-order chi connectivity index (χ1) is 14.9. The predicted molar refractivity (Wildman–Crippen MR) is 122 cm³/mol. The van der Waals surface area contributed by atoms with E-state index in [1.165, 1.54) is 22.5 Å². The first-order valence-electron chi connectivity index (χ1n) is 10.7. The van der Waals surface area contributed by atoms with Crippen molar-refractivity contribution in [3.63, 3.8) is 0 Å². The number of morpholine rings is 1. The highest BCUT2D eigenvalue weighted by molar-refractivity contribution is 7.20. The highest BCUT2D eigenvalue weighted by Crippen LogP contribution is 2.38. The van der Waals surface area contributed by atoms with E-state index in [2.05, 4.69) is 47.2 Å². The minimum atomic E-state index is -0.157. The summed E-state index contributed by atoms with van der Waals surface area (Å²) in [5.74, 6) is 0.918. The van der Waals surface area contributed by atoms with Gasteiger partial charge in [0.25, 0.3) is 5.91 Å². The van der Waals surface area contributed by atoms with Crippen LogP contribution in [0.5, 0.6) is 5.75 Å². The van der Waals surface area contributed by atoms with E-state index < -0.39 is 0 Å². The highest BCUT2D eigenvalue weighted by Gasteiger charge is 2.32. The van der Waals surface area contributed by atoms with Gasteiger partial charge < -0.3 is 14.8 Å². The Labute approximate surface area is 186 Å². The van der Waals surface area contributed by atoms with Crippen molar-refractivity contribution < 1.29 is 14.3 Å². The predicted octanol–water partition coefficient (Wildman–Crippen LogP) is 3.94. The first kappa shape index (κ1) is 20.4. The molecule has 0 bridgehead atoms. The van der Waals surface area contributed by atoms with Gasteiger partial charge in [0.1, 0.15) is 21.1 Å². The average molecular weight is 438 g/mol. The molecule has 1 atom stereocenters. The van der Waals surface area contributed by atoms with Crippen molar-refractivity contribution in [2.24, 2.45) is 0 Å². The Morgan fingerprint density at radius 2 is 2.23 bits per heavy atom. The molecule has 2 aliphatic heterocycles. The summed E-state index contributed by atoms with van der Waals surface area (Å²) in [6.07, 6.45) is 2.55. The summed E-state index contributed by atoms with van der Waals surface area (Å²) in [4.78, 5) is 21.0. The molecule has 162 valence electrons. The van der Waals surface area contributed by atoms with E-state index in [0.717, 1.165) is 47.6 Å². The van der Waals surface area contributed by atoms with E-state index in [1.807, 2.05) is 12.1 Å². The van der Waals surface area contributed by atoms with Crippen LogP contribution in [-0.4, -0.2) is 48.1 Å². The van der Waals surface area contributed by atoms with E-state index in [-0.39, 0.29) is 17.6 Å². The number of thiophene rings is 1. The lowest BCUT2D eigenvalue weighted by molar-refractivity contribution is -0.0323. The van der Waals surface area contributed by atoms with Gasteiger partial charge in [-0.2, -0.15) is 0 Å². The minimum absolute atomic E-state index is 0.0834. The lowest BCUT2D eigenvalue weighted by Crippen LogP contribution is -2.38. The van der Waals surface area contributed by atoms with Crippen molar-refractivity contribution in [3.05, 3.63) is 58.1 Å². The lowest BCUT2D eigenvalue weighted by atomic mass is 10.00. The second-order valence-electron chi connectivity index (χ2n) is 8.86. The summed E-state index contributed by atoms with van der Waals surface area (Å²) in [6, 6.07) is 10.5. The quantitative estimate of drug-likeness (QED) is 0.670. The van der Waals surface area contributed by atoms with Crippen molar-refractivity contribution in [2.75, 3.05) is 26.7 Å². The molecule has 0 aliphatic carbocycles. The topological polar surface area (TPSA) is 63.7 Å². The molecule has 1 unspecified atom stereocenters. The minimum Gasteiger partial charge on any atom is -0.487 e. The number of rotatable bonds is 4. The van der Waals surface area contributed by atoms with Crippen molar-refractivity contribution in [2.45, 2.75) is 38.5 Å². The number of carbonyl (C=O) groups is 1. The van der Waals surface area contributed by atoms with Crippen LogP contribution in [0.15, 0.2) is 36.5 Å². The Morgan fingerprint density at radius 1 is 1.35 bits per heavy atom. The molecule has 2 aromatic heterocycles. The van der Waals surface area contributed by atoms with Crippen LogP contribution >= 0.6 is 11.3 Å². The molecule has 0 spiro atoms. The molecule has 3 aromatic rings. The Morgan fingerprint density at radius 3 is 3.06 bits per heavy atom. The second kappa shape index (κ2) is 7.89. The molecule has 1 saturated heterocycles. The summed E-state index contributed by atoms with van der Waals surface area (Å²) in [5.41, 5.74) is 3.39. The first-order valence-corrected chi connectivity index (χ1v) is 11.5. The number of amides is 1. The molecule has 5 rings (SSSR count). The monoisotopic (exact) mass is 437 g/mol. The van der Waals surface area contributed by atoms with Crippen LogP contribution < -0.4 is 10.1 Å². The van der Waals surface area contributed by atoms with E-state index in [0.29, 0.717) is 11.5 Å². The highest BCUT2D eigenvalue weighted by atomic mass is 32.1. The van der Waals surface area contributed by atoms with Crippen LogP contribution in [0.1, 0.15) is 46.3 Å². The number of carbonyl (C=O) groups excluding carboxylic acids is 1. The fourth-order valence-electron chi connectivity index (χ4n) is 4.59. The summed E-state index contributed by atoms with van der Waals surface area (Å²) >= 11 is 1.43. The molecule has 0 saturated carbocycles. The van der Waals surface area contributed by atoms with Crippen LogP contribution in [0.3, 0.4) is 0 Å². The summed E-state index contributed by atoms with van der Waals surface area (Å²) in [5, 5.41) is 3.78. The third kappa shape index (κ3) is 3.93. The molecule has 0 radical (unpaired) electrons. The standard InChI is InChI=1S/C24H27N3O3S/c1-24(2)12-16-11-15(6-7-18(16)30-24)13-27-9-10-29-19(14-27)20-17-5-4-8-26-23(17)31-21(20)22(28)25-3/h4-8,11,19H,9-10,12-14H2,1-3H3,(H,25,28). The Hall–Kier alpha value is -2.48. The fraction of sp³-hybridized carbons (Fsp3) is 0.417. The number of aromatic nitrogens is 1. The second-order valence-corrected chi connectivity index (χ2v) is 9.85. The number of pyridine rings is 1. The smallest absolute Gasteiger partial charge is 0.261 e. The van der Waals surface area contributed by atoms with Crippen LogP contribution in [0, 0.1) is 0 Å². The van der Waals surface area contributed by atoms with Gasteiger partial charge in [-0.05, 0) is 37.1 Å².